The Morgan fingerprint density at radius 3 is 1.66 bits per heavy atom. The summed E-state index contributed by atoms with van der Waals surface area (Å²) in [6.07, 6.45) is -12.2. The van der Waals surface area contributed by atoms with Gasteiger partial charge < -0.3 is 13.9 Å². The third kappa shape index (κ3) is 11.6. The Kier molecular flexibility index (Phi) is 17.6. The standard InChI is InChI=1S/C37H39F19N2O6Si/c1-19(2)65(20(3)4,15-12-30(40,41)31(42,43)32(44,45)33(46,47)34(48,49)35(50,51)36(52,53)37(54,55)56)63-14-13-62-24-9-6-22(7-10-24)27(16-21(5)17-28(59)58-61)64-29(60)57-26-11-8-23(38)18-25(26)39/h6-11,17-20,27,61H,12-16H2,1-5H3,(H,57,60)(H,58,59)/b21-17+/t27-/m1/s1. The molecule has 0 saturated carbocycles. The van der Waals surface area contributed by atoms with Crippen LogP contribution in [0.3, 0.4) is 0 Å². The Labute approximate surface area is 357 Å². The normalized spacial score (nSPS) is 14.7. The molecule has 0 aliphatic heterocycles. The van der Waals surface area contributed by atoms with Crippen LogP contribution in [-0.2, 0) is 14.0 Å². The van der Waals surface area contributed by atoms with Gasteiger partial charge in [-0.25, -0.2) is 19.1 Å². The second-order valence-corrected chi connectivity index (χ2v) is 20.0. The van der Waals surface area contributed by atoms with E-state index in [-0.39, 0.29) is 23.3 Å². The molecule has 2 aromatic rings. The highest BCUT2D eigenvalue weighted by atomic mass is 28.4. The van der Waals surface area contributed by atoms with Gasteiger partial charge in [-0.3, -0.25) is 15.3 Å². The average Bonchev–Trinajstić information content (AvgIpc) is 3.17. The van der Waals surface area contributed by atoms with Gasteiger partial charge in [0, 0.05) is 25.0 Å². The van der Waals surface area contributed by atoms with E-state index in [2.05, 4.69) is 5.32 Å². The molecule has 0 aromatic heterocycles. The fourth-order valence-corrected chi connectivity index (χ4v) is 10.7. The summed E-state index contributed by atoms with van der Waals surface area (Å²) < 4.78 is 279. The van der Waals surface area contributed by atoms with Crippen molar-refractivity contribution in [3.8, 4) is 5.75 Å². The van der Waals surface area contributed by atoms with E-state index in [0.717, 1.165) is 18.2 Å². The van der Waals surface area contributed by atoms with Crippen molar-refractivity contribution in [3.05, 3.63) is 71.3 Å². The fourth-order valence-electron chi connectivity index (χ4n) is 6.22. The van der Waals surface area contributed by atoms with Crippen LogP contribution in [0.1, 0.15) is 59.1 Å². The largest absolute Gasteiger partial charge is 0.491 e. The number of rotatable bonds is 22. The van der Waals surface area contributed by atoms with Gasteiger partial charge in [-0.1, -0.05) is 45.4 Å². The molecule has 370 valence electrons. The highest BCUT2D eigenvalue weighted by Gasteiger charge is 2.95. The lowest BCUT2D eigenvalue weighted by molar-refractivity contribution is -0.461. The summed E-state index contributed by atoms with van der Waals surface area (Å²) in [6.45, 7) is 5.40. The van der Waals surface area contributed by atoms with Crippen LogP contribution in [0.5, 0.6) is 5.75 Å². The maximum atomic E-state index is 15.0. The smallest absolute Gasteiger partial charge is 0.460 e. The van der Waals surface area contributed by atoms with Crippen LogP contribution in [0.15, 0.2) is 54.1 Å². The first kappa shape index (κ1) is 56.7. The summed E-state index contributed by atoms with van der Waals surface area (Å²) in [5, 5.41) is 10.9. The fraction of sp³-hybridized carbons (Fsp3) is 0.568. The Morgan fingerprint density at radius 2 is 1.20 bits per heavy atom. The lowest BCUT2D eigenvalue weighted by Crippen LogP contribution is -2.74. The van der Waals surface area contributed by atoms with Gasteiger partial charge >= 0.3 is 53.7 Å². The maximum Gasteiger partial charge on any atom is 0.460 e. The molecule has 2 rings (SSSR count). The molecular weight excluding hydrogens is 957 g/mol. The zero-order valence-corrected chi connectivity index (χ0v) is 35.1. The Balaban J connectivity index is 2.30. The summed E-state index contributed by atoms with van der Waals surface area (Å²) in [5.74, 6) is -60.1. The predicted octanol–water partition coefficient (Wildman–Crippen LogP) is 12.7. The van der Waals surface area contributed by atoms with E-state index >= 15 is 0 Å². The van der Waals surface area contributed by atoms with Crippen LogP contribution in [0.4, 0.5) is 93.9 Å². The molecular formula is C37H39F19N2O6Si. The number of carbonyl (C=O) groups excluding carboxylic acids is 2. The minimum Gasteiger partial charge on any atom is -0.491 e. The van der Waals surface area contributed by atoms with Gasteiger partial charge in [0.05, 0.1) is 12.3 Å². The molecule has 0 heterocycles. The number of halogens is 19. The number of hydrogen-bond donors (Lipinski definition) is 3. The number of anilines is 1. The monoisotopic (exact) mass is 996 g/mol. The summed E-state index contributed by atoms with van der Waals surface area (Å²) in [7, 11) is -4.06. The van der Waals surface area contributed by atoms with Crippen LogP contribution in [0.25, 0.3) is 0 Å². The van der Waals surface area contributed by atoms with E-state index in [1.165, 1.54) is 64.4 Å². The number of alkyl halides is 17. The molecule has 0 aliphatic carbocycles. The first-order chi connectivity index (χ1) is 29.3. The number of nitrogens with one attached hydrogen (secondary N) is 2. The molecule has 0 fully saturated rings. The maximum absolute atomic E-state index is 15.0. The lowest BCUT2D eigenvalue weighted by atomic mass is 9.88. The molecule has 65 heavy (non-hydrogen) atoms. The van der Waals surface area contributed by atoms with E-state index in [1.54, 1.807) is 0 Å². The average molecular weight is 997 g/mol. The van der Waals surface area contributed by atoms with Gasteiger partial charge in [-0.05, 0) is 53.9 Å². The molecule has 28 heteroatoms. The van der Waals surface area contributed by atoms with Gasteiger partial charge in [0.15, 0.2) is 8.32 Å². The highest BCUT2D eigenvalue weighted by Crippen LogP contribution is 2.64. The highest BCUT2D eigenvalue weighted by molar-refractivity contribution is 6.76. The molecule has 0 unspecified atom stereocenters. The van der Waals surface area contributed by atoms with Crippen molar-refractivity contribution in [1.29, 1.82) is 0 Å². The first-order valence-electron chi connectivity index (χ1n) is 18.4. The molecule has 2 amide bonds. The van der Waals surface area contributed by atoms with Crippen molar-refractivity contribution in [1.82, 2.24) is 5.48 Å². The van der Waals surface area contributed by atoms with Crippen LogP contribution >= 0.6 is 0 Å². The number of hydrogen-bond acceptors (Lipinski definition) is 6. The van der Waals surface area contributed by atoms with Crippen molar-refractivity contribution in [2.45, 2.75) is 118 Å². The number of benzene rings is 2. The molecule has 8 nitrogen and oxygen atoms in total. The van der Waals surface area contributed by atoms with Crippen LogP contribution < -0.4 is 15.5 Å². The second-order valence-electron chi connectivity index (χ2n) is 15.0. The van der Waals surface area contributed by atoms with Gasteiger partial charge in [0.1, 0.15) is 30.1 Å². The Morgan fingerprint density at radius 1 is 0.708 bits per heavy atom. The summed E-state index contributed by atoms with van der Waals surface area (Å²) in [5.41, 5.74) is -0.555. The van der Waals surface area contributed by atoms with E-state index < -0.39 is 128 Å². The van der Waals surface area contributed by atoms with Crippen molar-refractivity contribution >= 4 is 26.0 Å². The van der Waals surface area contributed by atoms with Crippen molar-refractivity contribution < 1.29 is 112 Å². The van der Waals surface area contributed by atoms with Crippen LogP contribution in [0, 0.1) is 11.6 Å². The summed E-state index contributed by atoms with van der Waals surface area (Å²) in [4.78, 5) is 24.3. The van der Waals surface area contributed by atoms with Gasteiger partial charge in [-0.2, -0.15) is 74.6 Å². The summed E-state index contributed by atoms with van der Waals surface area (Å²) >= 11 is 0. The van der Waals surface area contributed by atoms with Gasteiger partial charge in [-0.15, -0.1) is 0 Å². The minimum atomic E-state index is -8.73. The zero-order valence-electron chi connectivity index (χ0n) is 34.1. The number of ether oxygens (including phenoxy) is 2. The van der Waals surface area contributed by atoms with E-state index in [9.17, 15) is 93.0 Å². The van der Waals surface area contributed by atoms with Crippen LogP contribution in [0.2, 0.25) is 17.1 Å². The second kappa shape index (κ2) is 20.2. The zero-order chi connectivity index (χ0) is 50.6. The van der Waals surface area contributed by atoms with E-state index in [0.29, 0.717) is 6.07 Å². The molecule has 0 saturated heterocycles. The Bertz CT molecular complexity index is 1970. The summed E-state index contributed by atoms with van der Waals surface area (Å²) in [6, 6.07) is 5.98. The minimum absolute atomic E-state index is 0.00641. The molecule has 0 bridgehead atoms. The number of hydroxylamine groups is 1. The molecule has 0 spiro atoms. The quantitative estimate of drug-likeness (QED) is 0.0271. The Hall–Kier alpha value is -4.47. The predicted molar refractivity (Wildman–Crippen MR) is 191 cm³/mol. The van der Waals surface area contributed by atoms with Gasteiger partial charge in [0.25, 0.3) is 5.91 Å². The third-order valence-corrected chi connectivity index (χ3v) is 15.6. The molecule has 3 N–H and O–H groups in total. The first-order valence-corrected chi connectivity index (χ1v) is 20.7. The lowest BCUT2D eigenvalue weighted by Gasteiger charge is -2.44. The van der Waals surface area contributed by atoms with Crippen molar-refractivity contribution in [2.75, 3.05) is 18.5 Å². The molecule has 0 aliphatic rings. The molecule has 2 aromatic carbocycles. The number of amides is 2. The van der Waals surface area contributed by atoms with E-state index in [4.69, 9.17) is 19.1 Å². The van der Waals surface area contributed by atoms with Crippen LogP contribution in [-0.4, -0.2) is 86.4 Å². The molecule has 1 atom stereocenters. The van der Waals surface area contributed by atoms with Crippen molar-refractivity contribution in [3.63, 3.8) is 0 Å². The molecule has 0 radical (unpaired) electrons. The van der Waals surface area contributed by atoms with Gasteiger partial charge in [0.2, 0.25) is 0 Å². The van der Waals surface area contributed by atoms with E-state index in [1.807, 2.05) is 0 Å². The van der Waals surface area contributed by atoms with Crippen molar-refractivity contribution in [2.24, 2.45) is 0 Å². The third-order valence-electron chi connectivity index (χ3n) is 9.96. The topological polar surface area (TPSA) is 106 Å². The number of carbonyl (C=O) groups is 2. The SMILES string of the molecule is C/C(=C\C(=O)NO)C[C@@H](OC(=O)Nc1ccc(F)cc1F)c1ccc(OCCO[Si](CCC(F)(F)C(F)(F)C(F)(F)C(F)(F)C(F)(F)C(F)(F)C(F)(F)C(F)(F)F)(C(C)C)C(C)C)cc1.